The molecule has 0 saturated heterocycles. The lowest BCUT2D eigenvalue weighted by molar-refractivity contribution is -0.122. The summed E-state index contributed by atoms with van der Waals surface area (Å²) in [6.07, 6.45) is 8.13. The zero-order valence-electron chi connectivity index (χ0n) is 9.72. The Bertz CT molecular complexity index is 297. The summed E-state index contributed by atoms with van der Waals surface area (Å²) < 4.78 is 1.91. The Morgan fingerprint density at radius 3 is 3.06 bits per heavy atom. The summed E-state index contributed by atoms with van der Waals surface area (Å²) in [6.45, 7) is 3.41. The van der Waals surface area contributed by atoms with Gasteiger partial charge in [-0.2, -0.15) is 0 Å². The minimum absolute atomic E-state index is 0.0615. The second kappa shape index (κ2) is 7.00. The molecule has 0 unspecified atom stereocenters. The van der Waals surface area contributed by atoms with E-state index in [9.17, 15) is 4.79 Å². The van der Waals surface area contributed by atoms with Crippen molar-refractivity contribution in [3.63, 3.8) is 0 Å². The van der Waals surface area contributed by atoms with Crippen LogP contribution in [-0.4, -0.2) is 28.0 Å². The Morgan fingerprint density at radius 1 is 1.62 bits per heavy atom. The number of aromatic nitrogens is 2. The highest BCUT2D eigenvalue weighted by molar-refractivity contribution is 5.81. The predicted octanol–water partition coefficient (Wildman–Crippen LogP) is 0.517. The molecular formula is C11H20N4O. The van der Waals surface area contributed by atoms with Crippen molar-refractivity contribution in [2.45, 2.75) is 38.8 Å². The number of carbonyl (C=O) groups excluding carboxylic acids is 1. The quantitative estimate of drug-likeness (QED) is 0.709. The molecule has 0 aliphatic rings. The Morgan fingerprint density at radius 2 is 2.44 bits per heavy atom. The molecule has 0 saturated carbocycles. The Kier molecular flexibility index (Phi) is 5.56. The molecule has 0 bridgehead atoms. The van der Waals surface area contributed by atoms with E-state index in [1.54, 1.807) is 12.5 Å². The number of imidazole rings is 1. The maximum Gasteiger partial charge on any atom is 0.236 e. The summed E-state index contributed by atoms with van der Waals surface area (Å²) in [6, 6.07) is -0.372. The van der Waals surface area contributed by atoms with Gasteiger partial charge in [-0.25, -0.2) is 4.98 Å². The summed E-state index contributed by atoms with van der Waals surface area (Å²) >= 11 is 0. The second-order valence-electron chi connectivity index (χ2n) is 3.84. The standard InChI is InChI=1S/C11H20N4O/c1-2-3-4-10(12)11(16)14-6-8-15-7-5-13-9-15/h5,7,9-10H,2-4,6,8,12H2,1H3,(H,14,16)/t10-/m0/s1. The molecule has 0 fully saturated rings. The summed E-state index contributed by atoms with van der Waals surface area (Å²) in [7, 11) is 0. The smallest absolute Gasteiger partial charge is 0.236 e. The number of unbranched alkanes of at least 4 members (excludes halogenated alkanes) is 1. The Balaban J connectivity index is 2.14. The fourth-order valence-electron chi connectivity index (χ4n) is 1.41. The first-order chi connectivity index (χ1) is 7.74. The van der Waals surface area contributed by atoms with Gasteiger partial charge in [0.15, 0.2) is 0 Å². The van der Waals surface area contributed by atoms with Crippen LogP contribution in [0.3, 0.4) is 0 Å². The van der Waals surface area contributed by atoms with Crippen LogP contribution in [0.2, 0.25) is 0 Å². The predicted molar refractivity (Wildman–Crippen MR) is 62.7 cm³/mol. The molecule has 5 nitrogen and oxygen atoms in total. The van der Waals surface area contributed by atoms with E-state index in [-0.39, 0.29) is 11.9 Å². The molecule has 1 heterocycles. The molecule has 0 radical (unpaired) electrons. The number of hydrogen-bond acceptors (Lipinski definition) is 3. The maximum atomic E-state index is 11.5. The van der Waals surface area contributed by atoms with E-state index in [1.165, 1.54) is 0 Å². The van der Waals surface area contributed by atoms with Crippen molar-refractivity contribution < 1.29 is 4.79 Å². The second-order valence-corrected chi connectivity index (χ2v) is 3.84. The number of rotatable bonds is 7. The molecule has 0 aromatic carbocycles. The zero-order valence-corrected chi connectivity index (χ0v) is 9.72. The summed E-state index contributed by atoms with van der Waals surface area (Å²) in [5, 5.41) is 2.82. The minimum atomic E-state index is -0.372. The Hall–Kier alpha value is -1.36. The van der Waals surface area contributed by atoms with Gasteiger partial charge in [0.25, 0.3) is 0 Å². The van der Waals surface area contributed by atoms with Gasteiger partial charge in [0, 0.05) is 25.5 Å². The van der Waals surface area contributed by atoms with Gasteiger partial charge in [-0.05, 0) is 6.42 Å². The lowest BCUT2D eigenvalue weighted by atomic mass is 10.1. The van der Waals surface area contributed by atoms with Gasteiger partial charge in [-0.3, -0.25) is 4.79 Å². The minimum Gasteiger partial charge on any atom is -0.353 e. The Labute approximate surface area is 96.0 Å². The molecule has 0 spiro atoms. The number of nitrogens with one attached hydrogen (secondary N) is 1. The van der Waals surface area contributed by atoms with E-state index in [4.69, 9.17) is 5.73 Å². The SMILES string of the molecule is CCCC[C@H](N)C(=O)NCCn1ccnc1. The van der Waals surface area contributed by atoms with Crippen LogP contribution in [-0.2, 0) is 11.3 Å². The van der Waals surface area contributed by atoms with E-state index < -0.39 is 0 Å². The molecule has 16 heavy (non-hydrogen) atoms. The maximum absolute atomic E-state index is 11.5. The van der Waals surface area contributed by atoms with Crippen LogP contribution in [0.5, 0.6) is 0 Å². The topological polar surface area (TPSA) is 72.9 Å². The van der Waals surface area contributed by atoms with Crippen LogP contribution < -0.4 is 11.1 Å². The third-order valence-electron chi connectivity index (χ3n) is 2.43. The monoisotopic (exact) mass is 224 g/mol. The van der Waals surface area contributed by atoms with Gasteiger partial charge in [-0.1, -0.05) is 19.8 Å². The van der Waals surface area contributed by atoms with Crippen LogP contribution in [0.1, 0.15) is 26.2 Å². The van der Waals surface area contributed by atoms with Gasteiger partial charge < -0.3 is 15.6 Å². The van der Waals surface area contributed by atoms with Crippen LogP contribution in [0.25, 0.3) is 0 Å². The highest BCUT2D eigenvalue weighted by Gasteiger charge is 2.11. The number of nitrogens with zero attached hydrogens (tertiary/aromatic N) is 2. The third-order valence-corrected chi connectivity index (χ3v) is 2.43. The van der Waals surface area contributed by atoms with Crippen molar-refractivity contribution in [3.05, 3.63) is 18.7 Å². The molecule has 3 N–H and O–H groups in total. The first kappa shape index (κ1) is 12.7. The van der Waals surface area contributed by atoms with Crippen LogP contribution in [0, 0.1) is 0 Å². The van der Waals surface area contributed by atoms with Crippen LogP contribution in [0.15, 0.2) is 18.7 Å². The number of amides is 1. The molecule has 0 aliphatic heterocycles. The molecule has 1 aromatic heterocycles. The fourth-order valence-corrected chi connectivity index (χ4v) is 1.41. The molecule has 1 aromatic rings. The van der Waals surface area contributed by atoms with Gasteiger partial charge in [0.1, 0.15) is 0 Å². The van der Waals surface area contributed by atoms with E-state index in [0.29, 0.717) is 6.54 Å². The first-order valence-electron chi connectivity index (χ1n) is 5.73. The molecular weight excluding hydrogens is 204 g/mol. The van der Waals surface area contributed by atoms with E-state index in [0.717, 1.165) is 25.8 Å². The largest absolute Gasteiger partial charge is 0.353 e. The molecule has 1 rings (SSSR count). The van der Waals surface area contributed by atoms with Crippen molar-refractivity contribution >= 4 is 5.91 Å². The molecule has 90 valence electrons. The summed E-state index contributed by atoms with van der Waals surface area (Å²) in [5.74, 6) is -0.0615. The van der Waals surface area contributed by atoms with E-state index in [1.807, 2.05) is 10.8 Å². The van der Waals surface area contributed by atoms with Gasteiger partial charge in [-0.15, -0.1) is 0 Å². The number of hydrogen-bond donors (Lipinski definition) is 2. The zero-order chi connectivity index (χ0) is 11.8. The molecule has 5 heteroatoms. The van der Waals surface area contributed by atoms with Gasteiger partial charge in [0.05, 0.1) is 12.4 Å². The first-order valence-corrected chi connectivity index (χ1v) is 5.73. The lowest BCUT2D eigenvalue weighted by Gasteiger charge is -2.11. The van der Waals surface area contributed by atoms with Gasteiger partial charge in [0.2, 0.25) is 5.91 Å². The summed E-state index contributed by atoms with van der Waals surface area (Å²) in [4.78, 5) is 15.4. The number of carbonyl (C=O) groups is 1. The lowest BCUT2D eigenvalue weighted by Crippen LogP contribution is -2.41. The molecule has 0 aliphatic carbocycles. The average molecular weight is 224 g/mol. The highest BCUT2D eigenvalue weighted by Crippen LogP contribution is 1.97. The normalized spacial score (nSPS) is 12.4. The van der Waals surface area contributed by atoms with Crippen LogP contribution in [0.4, 0.5) is 0 Å². The number of nitrogens with two attached hydrogens (primary N) is 1. The molecule has 1 amide bonds. The van der Waals surface area contributed by atoms with Crippen molar-refractivity contribution in [1.82, 2.24) is 14.9 Å². The van der Waals surface area contributed by atoms with Crippen molar-refractivity contribution in [2.24, 2.45) is 5.73 Å². The van der Waals surface area contributed by atoms with Crippen molar-refractivity contribution in [1.29, 1.82) is 0 Å². The summed E-state index contributed by atoms with van der Waals surface area (Å²) in [5.41, 5.74) is 5.73. The van der Waals surface area contributed by atoms with Crippen LogP contribution >= 0.6 is 0 Å². The van der Waals surface area contributed by atoms with Gasteiger partial charge >= 0.3 is 0 Å². The molecule has 1 atom stereocenters. The third kappa shape index (κ3) is 4.44. The van der Waals surface area contributed by atoms with E-state index in [2.05, 4.69) is 17.2 Å². The highest BCUT2D eigenvalue weighted by atomic mass is 16.2. The average Bonchev–Trinajstić information content (AvgIpc) is 2.78. The fraction of sp³-hybridized carbons (Fsp3) is 0.636. The van der Waals surface area contributed by atoms with Crippen molar-refractivity contribution in [3.8, 4) is 0 Å². The van der Waals surface area contributed by atoms with Crippen molar-refractivity contribution in [2.75, 3.05) is 6.54 Å². The van der Waals surface area contributed by atoms with E-state index >= 15 is 0 Å².